The van der Waals surface area contributed by atoms with Crippen LogP contribution in [0.4, 0.5) is 26.3 Å². The Morgan fingerprint density at radius 2 is 1.48 bits per heavy atom. The molecule has 0 aromatic heterocycles. The molecule has 0 saturated carbocycles. The zero-order chi connectivity index (χ0) is 17.9. The van der Waals surface area contributed by atoms with E-state index in [1.807, 2.05) is 0 Å². The average molecular weight is 364 g/mol. The van der Waals surface area contributed by atoms with Crippen LogP contribution in [-0.2, 0) is 32.1 Å². The molecule has 0 spiro atoms. The molecule has 0 unspecified atom stereocenters. The third-order valence-electron chi connectivity index (χ3n) is 2.75. The third kappa shape index (κ3) is 5.51. The van der Waals surface area contributed by atoms with Gasteiger partial charge in [-0.1, -0.05) is 0 Å². The van der Waals surface area contributed by atoms with E-state index in [2.05, 4.69) is 0 Å². The minimum atomic E-state index is -4.89. The molecule has 0 radical (unpaired) electrons. The van der Waals surface area contributed by atoms with Gasteiger partial charge in [0.2, 0.25) is 0 Å². The Balaban J connectivity index is 3.37. The van der Waals surface area contributed by atoms with Crippen molar-refractivity contribution >= 4 is 7.60 Å². The van der Waals surface area contributed by atoms with Crippen molar-refractivity contribution in [1.29, 1.82) is 0 Å². The molecule has 0 amide bonds. The number of halogens is 6. The molecule has 0 bridgehead atoms. The molecule has 132 valence electrons. The highest BCUT2D eigenvalue weighted by Crippen LogP contribution is 2.53. The zero-order valence-electron chi connectivity index (χ0n) is 12.3. The molecular weight excluding hydrogens is 349 g/mol. The Morgan fingerprint density at radius 3 is 1.87 bits per heavy atom. The van der Waals surface area contributed by atoms with Gasteiger partial charge in [-0.15, -0.1) is 0 Å². The second kappa shape index (κ2) is 7.23. The summed E-state index contributed by atoms with van der Waals surface area (Å²) in [6.07, 6.45) is -10.6. The summed E-state index contributed by atoms with van der Waals surface area (Å²) in [5, 5.41) is 0. The van der Waals surface area contributed by atoms with E-state index in [4.69, 9.17) is 9.05 Å². The molecule has 0 aliphatic carbocycles. The summed E-state index contributed by atoms with van der Waals surface area (Å²) < 4.78 is 99.1. The largest absolute Gasteiger partial charge is 0.416 e. The summed E-state index contributed by atoms with van der Waals surface area (Å²) in [4.78, 5) is 0. The van der Waals surface area contributed by atoms with Crippen LogP contribution in [0.5, 0.6) is 0 Å². The van der Waals surface area contributed by atoms with Gasteiger partial charge in [-0.2, -0.15) is 26.3 Å². The van der Waals surface area contributed by atoms with Crippen molar-refractivity contribution in [3.8, 4) is 0 Å². The Hall–Kier alpha value is -1.05. The average Bonchev–Trinajstić information content (AvgIpc) is 2.36. The van der Waals surface area contributed by atoms with Gasteiger partial charge in [0.1, 0.15) is 0 Å². The maximum Gasteiger partial charge on any atom is 0.416 e. The van der Waals surface area contributed by atoms with Gasteiger partial charge in [-0.3, -0.25) is 4.57 Å². The lowest BCUT2D eigenvalue weighted by molar-refractivity contribution is -0.141. The third-order valence-corrected chi connectivity index (χ3v) is 4.78. The van der Waals surface area contributed by atoms with Crippen molar-refractivity contribution in [2.45, 2.75) is 32.4 Å². The molecule has 0 N–H and O–H groups in total. The maximum atomic E-state index is 13.0. The highest BCUT2D eigenvalue weighted by molar-refractivity contribution is 7.53. The minimum Gasteiger partial charge on any atom is -0.309 e. The van der Waals surface area contributed by atoms with Crippen molar-refractivity contribution in [1.82, 2.24) is 0 Å². The topological polar surface area (TPSA) is 35.5 Å². The van der Waals surface area contributed by atoms with Gasteiger partial charge in [-0.25, -0.2) is 0 Å². The predicted molar refractivity (Wildman–Crippen MR) is 71.0 cm³/mol. The molecule has 1 aromatic carbocycles. The molecule has 0 aliphatic rings. The van der Waals surface area contributed by atoms with Gasteiger partial charge < -0.3 is 9.05 Å². The maximum absolute atomic E-state index is 13.0. The SMILES string of the molecule is CCOP(=O)(Cc1cc(C(F)(F)F)ccc1C(F)(F)F)OCC. The first-order valence-corrected chi connectivity index (χ1v) is 8.31. The smallest absolute Gasteiger partial charge is 0.309 e. The summed E-state index contributed by atoms with van der Waals surface area (Å²) in [6.45, 7) is 2.67. The number of hydrogen-bond donors (Lipinski definition) is 0. The van der Waals surface area contributed by atoms with Crippen LogP contribution in [0.15, 0.2) is 18.2 Å². The van der Waals surface area contributed by atoms with Crippen LogP contribution in [0, 0.1) is 0 Å². The molecule has 0 atom stereocenters. The lowest BCUT2D eigenvalue weighted by atomic mass is 10.0. The van der Waals surface area contributed by atoms with Crippen molar-refractivity contribution in [2.75, 3.05) is 13.2 Å². The second-order valence-electron chi connectivity index (χ2n) is 4.47. The number of hydrogen-bond acceptors (Lipinski definition) is 3. The van der Waals surface area contributed by atoms with E-state index in [1.54, 1.807) is 0 Å². The highest BCUT2D eigenvalue weighted by Gasteiger charge is 2.39. The van der Waals surface area contributed by atoms with E-state index in [0.29, 0.717) is 18.2 Å². The first-order chi connectivity index (χ1) is 10.4. The minimum absolute atomic E-state index is 0.114. The summed E-state index contributed by atoms with van der Waals surface area (Å²) in [5.41, 5.74) is -3.34. The molecule has 1 aromatic rings. The molecule has 1 rings (SSSR count). The normalized spacial score (nSPS) is 13.4. The van der Waals surface area contributed by atoms with Crippen molar-refractivity contribution in [3.63, 3.8) is 0 Å². The van der Waals surface area contributed by atoms with Gasteiger partial charge in [0.05, 0.1) is 30.5 Å². The van der Waals surface area contributed by atoms with E-state index in [1.165, 1.54) is 13.8 Å². The van der Waals surface area contributed by atoms with E-state index < -0.39 is 42.8 Å². The number of alkyl halides is 6. The summed E-state index contributed by atoms with van der Waals surface area (Å²) in [5.74, 6) is 0. The fourth-order valence-electron chi connectivity index (χ4n) is 1.91. The van der Waals surface area contributed by atoms with Crippen LogP contribution in [0.2, 0.25) is 0 Å². The first kappa shape index (κ1) is 20.0. The number of rotatable bonds is 6. The van der Waals surface area contributed by atoms with Crippen LogP contribution < -0.4 is 0 Å². The Bertz CT molecular complexity index is 572. The van der Waals surface area contributed by atoms with E-state index in [0.717, 1.165) is 0 Å². The fraction of sp³-hybridized carbons (Fsp3) is 0.538. The zero-order valence-corrected chi connectivity index (χ0v) is 13.2. The monoisotopic (exact) mass is 364 g/mol. The van der Waals surface area contributed by atoms with E-state index >= 15 is 0 Å². The Labute approximate surface area is 129 Å². The van der Waals surface area contributed by atoms with Crippen LogP contribution >= 0.6 is 7.60 Å². The van der Waals surface area contributed by atoms with E-state index in [9.17, 15) is 30.9 Å². The lowest BCUT2D eigenvalue weighted by Crippen LogP contribution is -2.13. The van der Waals surface area contributed by atoms with Crippen LogP contribution in [0.1, 0.15) is 30.5 Å². The summed E-state index contributed by atoms with van der Waals surface area (Å²) in [7, 11) is -3.98. The lowest BCUT2D eigenvalue weighted by Gasteiger charge is -2.20. The molecular formula is C13H15F6O3P. The molecule has 3 nitrogen and oxygen atoms in total. The van der Waals surface area contributed by atoms with Gasteiger partial charge >= 0.3 is 19.9 Å². The van der Waals surface area contributed by atoms with Gasteiger partial charge in [-0.05, 0) is 37.6 Å². The molecule has 10 heteroatoms. The first-order valence-electron chi connectivity index (χ1n) is 6.58. The molecule has 0 fully saturated rings. The van der Waals surface area contributed by atoms with Crippen molar-refractivity contribution in [3.05, 3.63) is 34.9 Å². The van der Waals surface area contributed by atoms with E-state index in [-0.39, 0.29) is 13.2 Å². The standard InChI is InChI=1S/C13H15F6O3P/c1-3-21-23(20,22-4-2)8-9-7-10(12(14,15)16)5-6-11(9)13(17,18)19/h5-7H,3-4,8H2,1-2H3. The number of benzene rings is 1. The van der Waals surface area contributed by atoms with Crippen molar-refractivity contribution in [2.24, 2.45) is 0 Å². The molecule has 0 heterocycles. The fourth-order valence-corrected chi connectivity index (χ4v) is 3.63. The van der Waals surface area contributed by atoms with Crippen molar-refractivity contribution < 1.29 is 40.0 Å². The quantitative estimate of drug-likeness (QED) is 0.495. The summed E-state index contributed by atoms with van der Waals surface area (Å²) >= 11 is 0. The predicted octanol–water partition coefficient (Wildman–Crippen LogP) is 5.49. The second-order valence-corrected chi connectivity index (χ2v) is 6.53. The molecule has 0 saturated heterocycles. The molecule has 0 aliphatic heterocycles. The Kier molecular flexibility index (Phi) is 6.29. The summed E-state index contributed by atoms with van der Waals surface area (Å²) in [6, 6.07) is 0.979. The van der Waals surface area contributed by atoms with Crippen LogP contribution in [-0.4, -0.2) is 13.2 Å². The van der Waals surface area contributed by atoms with Gasteiger partial charge in [0, 0.05) is 0 Å². The molecule has 23 heavy (non-hydrogen) atoms. The highest BCUT2D eigenvalue weighted by atomic mass is 31.2. The van der Waals surface area contributed by atoms with Gasteiger partial charge in [0.15, 0.2) is 0 Å². The van der Waals surface area contributed by atoms with Gasteiger partial charge in [0.25, 0.3) is 0 Å². The van der Waals surface area contributed by atoms with Crippen LogP contribution in [0.3, 0.4) is 0 Å². The van der Waals surface area contributed by atoms with Crippen LogP contribution in [0.25, 0.3) is 0 Å². The Morgan fingerprint density at radius 1 is 0.957 bits per heavy atom.